The summed E-state index contributed by atoms with van der Waals surface area (Å²) in [5, 5.41) is 8.40. The fraction of sp³-hybridized carbons (Fsp3) is 0.243. The molecule has 1 heterocycles. The second kappa shape index (κ2) is 18.5. The van der Waals surface area contributed by atoms with Gasteiger partial charge < -0.3 is 9.73 Å². The number of nitrogens with one attached hydrogen (secondary N) is 1. The van der Waals surface area contributed by atoms with Gasteiger partial charge in [-0.15, -0.1) is 10.2 Å². The lowest BCUT2D eigenvalue weighted by molar-refractivity contribution is -0.131. The highest BCUT2D eigenvalue weighted by Gasteiger charge is 2.23. The van der Waals surface area contributed by atoms with Crippen LogP contribution in [0.1, 0.15) is 44.9 Å². The molecule has 0 radical (unpaired) electrons. The molecule has 0 fully saturated rings. The van der Waals surface area contributed by atoms with Gasteiger partial charge in [-0.1, -0.05) is 53.6 Å². The third-order valence-corrected chi connectivity index (χ3v) is 10.3. The zero-order valence-electron chi connectivity index (χ0n) is 30.6. The molecule has 0 aliphatic carbocycles. The van der Waals surface area contributed by atoms with Crippen molar-refractivity contribution < 1.29 is 57.2 Å². The minimum Gasteiger partial charge on any atom is -0.415 e. The van der Waals surface area contributed by atoms with E-state index >= 15 is 0 Å². The number of alkyl halides is 4. The number of carbonyl (C=O) groups excluding carboxylic acids is 2. The molecule has 0 bridgehead atoms. The highest BCUT2D eigenvalue weighted by molar-refractivity contribution is 7.92. The molecular weight excluding hydrogens is 805 g/mol. The summed E-state index contributed by atoms with van der Waals surface area (Å²) in [4.78, 5) is 22.8. The molecule has 0 unspecified atom stereocenters. The number of aryl methyl sites for hydroxylation is 2. The van der Waals surface area contributed by atoms with Gasteiger partial charge in [0, 0.05) is 22.3 Å². The first kappa shape index (κ1) is 44.0. The lowest BCUT2D eigenvalue weighted by atomic mass is 10.1. The van der Waals surface area contributed by atoms with Crippen LogP contribution in [0, 0.1) is 25.5 Å². The molecule has 57 heavy (non-hydrogen) atoms. The lowest BCUT2D eigenvalue weighted by Gasteiger charge is -2.23. The Labute approximate surface area is 324 Å². The first-order valence-corrected chi connectivity index (χ1v) is 20.2. The van der Waals surface area contributed by atoms with E-state index in [1.807, 2.05) is 13.8 Å². The minimum atomic E-state index is -3.72. The van der Waals surface area contributed by atoms with Gasteiger partial charge in [-0.05, 0) is 56.3 Å². The summed E-state index contributed by atoms with van der Waals surface area (Å²) in [6.07, 6.45) is -4.16. The Kier molecular flexibility index (Phi) is 14.2. The average Bonchev–Trinajstić information content (AvgIpc) is 3.64. The number of carbonyl (C=O) groups is 2. The fourth-order valence-electron chi connectivity index (χ4n) is 4.98. The highest BCUT2D eigenvalue weighted by atomic mass is 32.2. The summed E-state index contributed by atoms with van der Waals surface area (Å²) in [6, 6.07) is 20.5. The van der Waals surface area contributed by atoms with E-state index in [2.05, 4.69) is 10.2 Å². The number of amides is 1. The Morgan fingerprint density at radius 3 is 1.58 bits per heavy atom. The average molecular weight is 840 g/mol. The van der Waals surface area contributed by atoms with Crippen LogP contribution in [-0.4, -0.2) is 64.2 Å². The Bertz CT molecular complexity index is 2430. The van der Waals surface area contributed by atoms with Crippen molar-refractivity contribution in [1.82, 2.24) is 15.5 Å². The van der Waals surface area contributed by atoms with Crippen molar-refractivity contribution in [2.45, 2.75) is 39.8 Å². The zero-order valence-corrected chi connectivity index (χ0v) is 32.2. The number of hydrogen-bond acceptors (Lipinski definition) is 9. The van der Waals surface area contributed by atoms with E-state index in [9.17, 15) is 52.8 Å². The monoisotopic (exact) mass is 839 g/mol. The van der Waals surface area contributed by atoms with Crippen molar-refractivity contribution in [3.8, 4) is 11.5 Å². The zero-order chi connectivity index (χ0) is 42.2. The summed E-state index contributed by atoms with van der Waals surface area (Å²) in [6.45, 7) is 2.46. The van der Waals surface area contributed by atoms with Gasteiger partial charge in [-0.25, -0.2) is 25.6 Å². The third-order valence-electron chi connectivity index (χ3n) is 8.00. The van der Waals surface area contributed by atoms with Gasteiger partial charge in [0.15, 0.2) is 5.78 Å². The van der Waals surface area contributed by atoms with Crippen LogP contribution < -0.4 is 13.9 Å². The molecule has 304 valence electrons. The van der Waals surface area contributed by atoms with E-state index in [0.717, 1.165) is 44.4 Å². The molecule has 5 aromatic rings. The Balaban J connectivity index is 0.000000253. The van der Waals surface area contributed by atoms with Gasteiger partial charge in [-0.3, -0.25) is 18.2 Å². The number of benzene rings is 4. The van der Waals surface area contributed by atoms with Crippen molar-refractivity contribution in [3.05, 3.63) is 130 Å². The van der Waals surface area contributed by atoms with E-state index in [1.54, 1.807) is 53.8 Å². The Morgan fingerprint density at radius 2 is 1.18 bits per heavy atom. The first-order valence-electron chi connectivity index (χ1n) is 16.5. The maximum atomic E-state index is 14.6. The fourth-order valence-corrected chi connectivity index (χ4v) is 6.73. The number of rotatable bonds is 14. The first-order chi connectivity index (χ1) is 26.6. The second-order valence-electron chi connectivity index (χ2n) is 12.5. The normalized spacial score (nSPS) is 11.6. The topological polar surface area (TPSA) is 160 Å². The van der Waals surface area contributed by atoms with E-state index in [0.29, 0.717) is 11.4 Å². The van der Waals surface area contributed by atoms with Crippen LogP contribution in [0.5, 0.6) is 0 Å². The molecule has 1 aromatic heterocycles. The van der Waals surface area contributed by atoms with Crippen LogP contribution in [0.4, 0.5) is 37.7 Å². The molecule has 12 nitrogen and oxygen atoms in total. The van der Waals surface area contributed by atoms with E-state index < -0.39 is 68.7 Å². The second-order valence-corrected chi connectivity index (χ2v) is 16.3. The summed E-state index contributed by atoms with van der Waals surface area (Å²) in [5.74, 6) is -5.03. The molecule has 0 aliphatic heterocycles. The van der Waals surface area contributed by atoms with E-state index in [4.69, 9.17) is 4.42 Å². The van der Waals surface area contributed by atoms with Gasteiger partial charge in [0.05, 0.1) is 43.5 Å². The van der Waals surface area contributed by atoms with Crippen LogP contribution in [-0.2, 0) is 37.9 Å². The van der Waals surface area contributed by atoms with Gasteiger partial charge in [0.1, 0.15) is 11.6 Å². The number of nitrogens with zero attached hydrogens (tertiary/aromatic N) is 4. The molecule has 1 N–H and O–H groups in total. The van der Waals surface area contributed by atoms with Gasteiger partial charge in [-0.2, -0.15) is 17.6 Å². The lowest BCUT2D eigenvalue weighted by Crippen LogP contribution is -2.34. The number of hydrogen-bond donors (Lipinski definition) is 1. The number of anilines is 2. The van der Waals surface area contributed by atoms with Crippen LogP contribution in [0.25, 0.3) is 11.5 Å². The Morgan fingerprint density at radius 1 is 0.702 bits per heavy atom. The van der Waals surface area contributed by atoms with Gasteiger partial charge in [0.25, 0.3) is 11.8 Å². The quantitative estimate of drug-likeness (QED) is 0.0943. The standard InChI is InChI=1S/C19H19F3N2O4S.C18H16F3N3O3S/c1-12-3-7-15(8-4-12)24(29(2,27)28)11-14-6-5-13(9-16(14)20)17(25)10-23-19(26)18(21)22;1-11-3-7-14(8-4-11)24(28(2,25)26)10-13-6-5-12(9-15(13)19)17-22-23-18(27-17)16(20)21/h3-9,18H,10-11H2,1-2H3,(H,23,26);3-9,16H,10H2,1-2H3. The molecule has 0 saturated carbocycles. The van der Waals surface area contributed by atoms with Crippen LogP contribution >= 0.6 is 0 Å². The predicted molar refractivity (Wildman–Crippen MR) is 199 cm³/mol. The number of ketones is 1. The number of aromatic nitrogens is 2. The van der Waals surface area contributed by atoms with Crippen molar-refractivity contribution in [3.63, 3.8) is 0 Å². The van der Waals surface area contributed by atoms with Crippen molar-refractivity contribution in [1.29, 1.82) is 0 Å². The van der Waals surface area contributed by atoms with E-state index in [-0.39, 0.29) is 41.2 Å². The SMILES string of the molecule is Cc1ccc(N(Cc2ccc(-c3nnc(C(F)F)o3)cc2F)S(C)(=O)=O)cc1.Cc1ccc(N(Cc2ccc(C(=O)CNC(=O)C(F)F)cc2F)S(C)(=O)=O)cc1. The number of Topliss-reactive ketones (excluding diaryl/α,β-unsaturated/α-hetero) is 1. The molecule has 1 amide bonds. The molecule has 0 aliphatic rings. The van der Waals surface area contributed by atoms with Crippen molar-refractivity contribution in [2.75, 3.05) is 27.7 Å². The maximum Gasteiger partial charge on any atom is 0.315 e. The third kappa shape index (κ3) is 12.1. The predicted octanol–water partition coefficient (Wildman–Crippen LogP) is 6.75. The molecule has 0 atom stereocenters. The van der Waals surface area contributed by atoms with Crippen LogP contribution in [0.2, 0.25) is 0 Å². The summed E-state index contributed by atoms with van der Waals surface area (Å²) in [7, 11) is -7.39. The maximum absolute atomic E-state index is 14.6. The van der Waals surface area contributed by atoms with Crippen LogP contribution in [0.3, 0.4) is 0 Å². The molecule has 0 spiro atoms. The molecule has 0 saturated heterocycles. The molecule has 20 heteroatoms. The smallest absolute Gasteiger partial charge is 0.315 e. The van der Waals surface area contributed by atoms with Crippen LogP contribution in [0.15, 0.2) is 89.3 Å². The highest BCUT2D eigenvalue weighted by Crippen LogP contribution is 2.28. The molecule has 5 rings (SSSR count). The minimum absolute atomic E-state index is 0.0177. The van der Waals surface area contributed by atoms with E-state index in [1.165, 1.54) is 24.3 Å². The molecule has 4 aromatic carbocycles. The van der Waals surface area contributed by atoms with Gasteiger partial charge >= 0.3 is 12.9 Å². The largest absolute Gasteiger partial charge is 0.415 e. The number of sulfonamides is 2. The van der Waals surface area contributed by atoms with Gasteiger partial charge in [0.2, 0.25) is 25.9 Å². The van der Waals surface area contributed by atoms with Crippen molar-refractivity contribution in [2.24, 2.45) is 0 Å². The van der Waals surface area contributed by atoms with Crippen molar-refractivity contribution >= 4 is 43.1 Å². The molecular formula is C37H35F6N5O7S2. The summed E-state index contributed by atoms with van der Waals surface area (Å²) >= 11 is 0. The Hall–Kier alpha value is -5.76. The summed E-state index contributed by atoms with van der Waals surface area (Å²) in [5.41, 5.74) is 2.73. The summed E-state index contributed by atoms with van der Waals surface area (Å²) < 4.78 is 134. The number of halogens is 6.